The first-order chi connectivity index (χ1) is 9.03. The van der Waals surface area contributed by atoms with Gasteiger partial charge in [0.2, 0.25) is 5.91 Å². The molecule has 1 rings (SSSR count). The Balaban J connectivity index is 2.21. The number of aliphatic hydroxyl groups excluding tert-OH is 1. The molecule has 0 saturated carbocycles. The minimum Gasteiger partial charge on any atom is -0.394 e. The van der Waals surface area contributed by atoms with Gasteiger partial charge in [-0.1, -0.05) is 42.5 Å². The van der Waals surface area contributed by atoms with Crippen LogP contribution in [0.25, 0.3) is 6.08 Å². The van der Waals surface area contributed by atoms with Crippen molar-refractivity contribution in [2.75, 3.05) is 19.8 Å². The summed E-state index contributed by atoms with van der Waals surface area (Å²) in [6, 6.07) is 9.87. The van der Waals surface area contributed by atoms with Crippen LogP contribution in [-0.4, -0.2) is 36.4 Å². The zero-order valence-corrected chi connectivity index (χ0v) is 11.4. The first-order valence-corrected chi connectivity index (χ1v) is 6.25. The quantitative estimate of drug-likeness (QED) is 0.735. The van der Waals surface area contributed by atoms with Crippen LogP contribution in [0.15, 0.2) is 36.4 Å². The van der Waals surface area contributed by atoms with Gasteiger partial charge in [0, 0.05) is 0 Å². The van der Waals surface area contributed by atoms with Crippen LogP contribution in [0.1, 0.15) is 19.4 Å². The molecule has 2 N–H and O–H groups in total. The number of nitrogens with one attached hydrogen (secondary N) is 1. The van der Waals surface area contributed by atoms with E-state index in [2.05, 4.69) is 5.32 Å². The highest BCUT2D eigenvalue weighted by Crippen LogP contribution is 2.01. The standard InChI is InChI=1S/C15H21NO3/c1-15(2,12-17)16-14(18)11-19-10-6-9-13-7-4-3-5-8-13/h3-9,17H,10-12H2,1-2H3,(H,16,18)/b9-6+. The maximum absolute atomic E-state index is 11.5. The maximum Gasteiger partial charge on any atom is 0.246 e. The van der Waals surface area contributed by atoms with E-state index in [1.807, 2.05) is 42.5 Å². The van der Waals surface area contributed by atoms with E-state index in [0.29, 0.717) is 6.61 Å². The van der Waals surface area contributed by atoms with Gasteiger partial charge < -0.3 is 15.2 Å². The maximum atomic E-state index is 11.5. The fraction of sp³-hybridized carbons (Fsp3) is 0.400. The average Bonchev–Trinajstić information content (AvgIpc) is 2.39. The molecular weight excluding hydrogens is 242 g/mol. The zero-order chi connectivity index (χ0) is 14.1. The van der Waals surface area contributed by atoms with Gasteiger partial charge in [-0.3, -0.25) is 4.79 Å². The summed E-state index contributed by atoms with van der Waals surface area (Å²) in [7, 11) is 0. The smallest absolute Gasteiger partial charge is 0.246 e. The lowest BCUT2D eigenvalue weighted by Gasteiger charge is -2.23. The molecule has 0 radical (unpaired) electrons. The molecule has 1 amide bonds. The topological polar surface area (TPSA) is 58.6 Å². The first kappa shape index (κ1) is 15.4. The van der Waals surface area contributed by atoms with Crippen LogP contribution >= 0.6 is 0 Å². The van der Waals surface area contributed by atoms with Crippen LogP contribution in [0.5, 0.6) is 0 Å². The van der Waals surface area contributed by atoms with E-state index < -0.39 is 5.54 Å². The molecule has 19 heavy (non-hydrogen) atoms. The Labute approximate surface area is 114 Å². The molecule has 0 bridgehead atoms. The minimum atomic E-state index is -0.611. The number of amides is 1. The molecule has 0 atom stereocenters. The van der Waals surface area contributed by atoms with E-state index in [-0.39, 0.29) is 19.1 Å². The Morgan fingerprint density at radius 3 is 2.68 bits per heavy atom. The Bertz CT molecular complexity index is 413. The first-order valence-electron chi connectivity index (χ1n) is 6.25. The highest BCUT2D eigenvalue weighted by atomic mass is 16.5. The van der Waals surface area contributed by atoms with E-state index in [1.165, 1.54) is 0 Å². The molecule has 0 fully saturated rings. The zero-order valence-electron chi connectivity index (χ0n) is 11.4. The third kappa shape index (κ3) is 6.74. The molecule has 104 valence electrons. The number of hydrogen-bond donors (Lipinski definition) is 2. The summed E-state index contributed by atoms with van der Waals surface area (Å²) in [4.78, 5) is 11.5. The van der Waals surface area contributed by atoms with Gasteiger partial charge in [-0.2, -0.15) is 0 Å². The van der Waals surface area contributed by atoms with Crippen molar-refractivity contribution < 1.29 is 14.6 Å². The summed E-state index contributed by atoms with van der Waals surface area (Å²) < 4.78 is 5.23. The molecule has 0 aliphatic heterocycles. The Morgan fingerprint density at radius 2 is 2.05 bits per heavy atom. The SMILES string of the molecule is CC(C)(CO)NC(=O)COC/C=C/c1ccccc1. The lowest BCUT2D eigenvalue weighted by Crippen LogP contribution is -2.47. The molecule has 1 aromatic carbocycles. The van der Waals surface area contributed by atoms with Crippen LogP contribution in [0, 0.1) is 0 Å². The van der Waals surface area contributed by atoms with Crippen molar-refractivity contribution in [2.24, 2.45) is 0 Å². The Hall–Kier alpha value is -1.65. The van der Waals surface area contributed by atoms with E-state index in [4.69, 9.17) is 9.84 Å². The van der Waals surface area contributed by atoms with Crippen molar-refractivity contribution in [1.29, 1.82) is 0 Å². The van der Waals surface area contributed by atoms with Crippen LogP contribution < -0.4 is 5.32 Å². The number of rotatable bonds is 7. The molecule has 0 aromatic heterocycles. The summed E-state index contributed by atoms with van der Waals surface area (Å²) in [6.45, 7) is 3.76. The van der Waals surface area contributed by atoms with Crippen molar-refractivity contribution in [1.82, 2.24) is 5.32 Å². The molecule has 0 saturated heterocycles. The highest BCUT2D eigenvalue weighted by molar-refractivity contribution is 5.77. The van der Waals surface area contributed by atoms with Crippen molar-refractivity contribution in [3.63, 3.8) is 0 Å². The van der Waals surface area contributed by atoms with Gasteiger partial charge in [0.25, 0.3) is 0 Å². The molecule has 0 aliphatic carbocycles. The number of ether oxygens (including phenoxy) is 1. The monoisotopic (exact) mass is 263 g/mol. The largest absolute Gasteiger partial charge is 0.394 e. The number of aliphatic hydroxyl groups is 1. The van der Waals surface area contributed by atoms with Gasteiger partial charge in [-0.15, -0.1) is 0 Å². The second kappa shape index (κ2) is 7.71. The summed E-state index contributed by atoms with van der Waals surface area (Å²) in [5, 5.41) is 11.7. The summed E-state index contributed by atoms with van der Waals surface area (Å²) in [5.41, 5.74) is 0.484. The van der Waals surface area contributed by atoms with E-state index in [0.717, 1.165) is 5.56 Å². The fourth-order valence-electron chi connectivity index (χ4n) is 1.42. The Kier molecular flexibility index (Phi) is 6.25. The highest BCUT2D eigenvalue weighted by Gasteiger charge is 2.18. The number of carbonyl (C=O) groups excluding carboxylic acids is 1. The van der Waals surface area contributed by atoms with Gasteiger partial charge in [-0.25, -0.2) is 0 Å². The lowest BCUT2D eigenvalue weighted by atomic mass is 10.1. The van der Waals surface area contributed by atoms with Gasteiger partial charge in [0.1, 0.15) is 6.61 Å². The second-order valence-electron chi connectivity index (χ2n) is 4.92. The van der Waals surface area contributed by atoms with Crippen LogP contribution in [0.4, 0.5) is 0 Å². The molecule has 4 heteroatoms. The van der Waals surface area contributed by atoms with Crippen LogP contribution in [0.2, 0.25) is 0 Å². The van der Waals surface area contributed by atoms with E-state index >= 15 is 0 Å². The normalized spacial score (nSPS) is 11.7. The number of hydrogen-bond acceptors (Lipinski definition) is 3. The van der Waals surface area contributed by atoms with Crippen LogP contribution in [-0.2, 0) is 9.53 Å². The molecule has 4 nitrogen and oxygen atoms in total. The third-order valence-corrected chi connectivity index (χ3v) is 2.43. The van der Waals surface area contributed by atoms with Gasteiger partial charge in [-0.05, 0) is 19.4 Å². The Morgan fingerprint density at radius 1 is 1.37 bits per heavy atom. The van der Waals surface area contributed by atoms with Crippen molar-refractivity contribution in [3.05, 3.63) is 42.0 Å². The third-order valence-electron chi connectivity index (χ3n) is 2.43. The summed E-state index contributed by atoms with van der Waals surface area (Å²) >= 11 is 0. The molecule has 0 aliphatic rings. The number of benzene rings is 1. The van der Waals surface area contributed by atoms with E-state index in [9.17, 15) is 4.79 Å². The minimum absolute atomic E-state index is 0.0113. The summed E-state index contributed by atoms with van der Waals surface area (Å²) in [5.74, 6) is -0.229. The van der Waals surface area contributed by atoms with Crippen molar-refractivity contribution in [2.45, 2.75) is 19.4 Å². The molecular formula is C15H21NO3. The molecule has 0 unspecified atom stereocenters. The molecule has 0 heterocycles. The second-order valence-corrected chi connectivity index (χ2v) is 4.92. The summed E-state index contributed by atoms with van der Waals surface area (Å²) in [6.07, 6.45) is 3.80. The average molecular weight is 263 g/mol. The predicted octanol–water partition coefficient (Wildman–Crippen LogP) is 1.60. The van der Waals surface area contributed by atoms with E-state index in [1.54, 1.807) is 13.8 Å². The number of carbonyl (C=O) groups is 1. The van der Waals surface area contributed by atoms with Crippen molar-refractivity contribution in [3.8, 4) is 0 Å². The molecule has 1 aromatic rings. The van der Waals surface area contributed by atoms with Crippen molar-refractivity contribution >= 4 is 12.0 Å². The van der Waals surface area contributed by atoms with Gasteiger partial charge in [0.05, 0.1) is 18.8 Å². The fourth-order valence-corrected chi connectivity index (χ4v) is 1.42. The predicted molar refractivity (Wildman–Crippen MR) is 75.6 cm³/mol. The lowest BCUT2D eigenvalue weighted by molar-refractivity contribution is -0.127. The van der Waals surface area contributed by atoms with Gasteiger partial charge >= 0.3 is 0 Å². The van der Waals surface area contributed by atoms with Crippen LogP contribution in [0.3, 0.4) is 0 Å². The van der Waals surface area contributed by atoms with Gasteiger partial charge in [0.15, 0.2) is 0 Å². The molecule has 0 spiro atoms.